The van der Waals surface area contributed by atoms with Crippen LogP contribution in [0.1, 0.15) is 64.5 Å². The molecule has 3 rings (SSSR count). The average molecular weight is 622 g/mol. The van der Waals surface area contributed by atoms with Gasteiger partial charge in [-0.2, -0.15) is 0 Å². The van der Waals surface area contributed by atoms with E-state index in [1.807, 2.05) is 32.0 Å². The predicted octanol–water partition coefficient (Wildman–Crippen LogP) is 4.72. The highest BCUT2D eigenvalue weighted by atomic mass is 32.2. The van der Waals surface area contributed by atoms with Crippen LogP contribution in [0.3, 0.4) is 0 Å². The van der Waals surface area contributed by atoms with Crippen LogP contribution >= 0.6 is 11.9 Å². The number of anilines is 1. The minimum absolute atomic E-state index is 0.269. The molecule has 43 heavy (non-hydrogen) atoms. The second-order valence-electron chi connectivity index (χ2n) is 10.1. The second kappa shape index (κ2) is 16.6. The first-order valence-corrected chi connectivity index (χ1v) is 15.1. The van der Waals surface area contributed by atoms with Gasteiger partial charge in [-0.15, -0.1) is 20.2 Å². The maximum Gasteiger partial charge on any atom is 0.294 e. The molecule has 0 saturated carbocycles. The van der Waals surface area contributed by atoms with Crippen LogP contribution in [0.25, 0.3) is 11.4 Å². The Morgan fingerprint density at radius 1 is 1.23 bits per heavy atom. The molecule has 1 fully saturated rings. The third-order valence-corrected chi connectivity index (χ3v) is 7.88. The molecule has 15 nitrogen and oxygen atoms in total. The van der Waals surface area contributed by atoms with E-state index in [9.17, 15) is 25.0 Å². The Balaban J connectivity index is 1.56. The number of aromatic amines is 1. The third-order valence-electron chi connectivity index (χ3n) is 6.86. The van der Waals surface area contributed by atoms with Gasteiger partial charge in [0.25, 0.3) is 15.7 Å². The van der Waals surface area contributed by atoms with Crippen LogP contribution in [0.4, 0.5) is 5.69 Å². The van der Waals surface area contributed by atoms with E-state index >= 15 is 0 Å². The van der Waals surface area contributed by atoms with Crippen LogP contribution in [0.2, 0.25) is 0 Å². The average Bonchev–Trinajstić information content (AvgIpc) is 2.94. The maximum absolute atomic E-state index is 12.9. The SMILES string of the molecule is CCCC(=N)c1nc(-c2cc(SN3CC(CCCCCC(CO[N+](=O)[O-])O[N+](=O)[O-])C3)ccc2OCC)[nH]c(=O)c1NC. The second-order valence-corrected chi connectivity index (χ2v) is 11.3. The van der Waals surface area contributed by atoms with Gasteiger partial charge in [0.1, 0.15) is 35.7 Å². The summed E-state index contributed by atoms with van der Waals surface area (Å²) in [5.74, 6) is 1.47. The van der Waals surface area contributed by atoms with Gasteiger partial charge >= 0.3 is 0 Å². The minimum Gasteiger partial charge on any atom is -0.493 e. The lowest BCUT2D eigenvalue weighted by atomic mass is 9.95. The van der Waals surface area contributed by atoms with Crippen molar-refractivity contribution in [1.82, 2.24) is 14.3 Å². The molecule has 0 radical (unpaired) electrons. The van der Waals surface area contributed by atoms with Gasteiger partial charge in [0.05, 0.1) is 17.9 Å². The lowest BCUT2D eigenvalue weighted by molar-refractivity contribution is -0.790. The predicted molar refractivity (Wildman–Crippen MR) is 162 cm³/mol. The van der Waals surface area contributed by atoms with Crippen LogP contribution in [-0.4, -0.2) is 69.6 Å². The van der Waals surface area contributed by atoms with Crippen molar-refractivity contribution >= 4 is 23.3 Å². The summed E-state index contributed by atoms with van der Waals surface area (Å²) < 4.78 is 8.10. The number of nitrogens with one attached hydrogen (secondary N) is 3. The zero-order chi connectivity index (χ0) is 31.4. The molecule has 2 heterocycles. The highest BCUT2D eigenvalue weighted by molar-refractivity contribution is 7.97. The van der Waals surface area contributed by atoms with E-state index in [1.54, 1.807) is 19.0 Å². The largest absolute Gasteiger partial charge is 0.493 e. The van der Waals surface area contributed by atoms with Gasteiger partial charge in [-0.05, 0) is 62.3 Å². The molecule has 2 aromatic rings. The van der Waals surface area contributed by atoms with Crippen molar-refractivity contribution in [2.75, 3.05) is 38.7 Å². The number of hydrogen-bond donors (Lipinski definition) is 3. The molecule has 0 bridgehead atoms. The van der Waals surface area contributed by atoms with Gasteiger partial charge < -0.3 is 30.1 Å². The summed E-state index contributed by atoms with van der Waals surface area (Å²) in [7, 11) is 1.64. The Labute approximate surface area is 253 Å². The third kappa shape index (κ3) is 10.1. The summed E-state index contributed by atoms with van der Waals surface area (Å²) >= 11 is 1.62. The van der Waals surface area contributed by atoms with E-state index in [0.717, 1.165) is 43.7 Å². The molecule has 1 saturated heterocycles. The fraction of sp³-hybridized carbons (Fsp3) is 0.593. The van der Waals surface area contributed by atoms with E-state index in [2.05, 4.69) is 29.3 Å². The van der Waals surface area contributed by atoms with E-state index in [4.69, 9.17) is 10.1 Å². The molecule has 236 valence electrons. The molecule has 1 atom stereocenters. The fourth-order valence-electron chi connectivity index (χ4n) is 4.79. The molecular weight excluding hydrogens is 582 g/mol. The van der Waals surface area contributed by atoms with Crippen LogP contribution in [0.5, 0.6) is 5.75 Å². The summed E-state index contributed by atoms with van der Waals surface area (Å²) in [6.45, 7) is 5.65. The van der Waals surface area contributed by atoms with Crippen molar-refractivity contribution in [3.63, 3.8) is 0 Å². The van der Waals surface area contributed by atoms with Crippen molar-refractivity contribution < 1.29 is 24.6 Å². The van der Waals surface area contributed by atoms with Gasteiger partial charge in [0, 0.05) is 25.0 Å². The Hall–Kier alpha value is -3.92. The highest BCUT2D eigenvalue weighted by Crippen LogP contribution is 2.37. The van der Waals surface area contributed by atoms with Crippen molar-refractivity contribution in [2.24, 2.45) is 5.92 Å². The van der Waals surface area contributed by atoms with Gasteiger partial charge in [-0.25, -0.2) is 9.29 Å². The normalized spacial score (nSPS) is 14.0. The number of unbranched alkanes of at least 4 members (excludes halogenated alkanes) is 2. The van der Waals surface area contributed by atoms with Gasteiger partial charge in [-0.1, -0.05) is 32.6 Å². The van der Waals surface area contributed by atoms with Crippen molar-refractivity contribution in [2.45, 2.75) is 69.8 Å². The molecule has 1 aliphatic heterocycles. The van der Waals surface area contributed by atoms with Gasteiger partial charge in [0.2, 0.25) is 0 Å². The highest BCUT2D eigenvalue weighted by Gasteiger charge is 2.27. The Bertz CT molecular complexity index is 1320. The topological polar surface area (TPSA) is 199 Å². The van der Waals surface area contributed by atoms with Crippen molar-refractivity contribution in [3.8, 4) is 17.1 Å². The molecular formula is C27H39N7O8S. The number of hydrogen-bond acceptors (Lipinski definition) is 13. The van der Waals surface area contributed by atoms with Crippen LogP contribution < -0.4 is 15.6 Å². The molecule has 0 amide bonds. The van der Waals surface area contributed by atoms with E-state index in [-0.39, 0.29) is 11.2 Å². The molecule has 3 N–H and O–H groups in total. The summed E-state index contributed by atoms with van der Waals surface area (Å²) in [5, 5.41) is 30.3. The first-order valence-electron chi connectivity index (χ1n) is 14.3. The first kappa shape index (κ1) is 33.6. The Morgan fingerprint density at radius 3 is 2.65 bits per heavy atom. The summed E-state index contributed by atoms with van der Waals surface area (Å²) in [6.07, 6.45) is 4.04. The van der Waals surface area contributed by atoms with E-state index < -0.39 is 22.9 Å². The lowest BCUT2D eigenvalue weighted by Crippen LogP contribution is -2.41. The number of rotatable bonds is 20. The number of benzene rings is 1. The summed E-state index contributed by atoms with van der Waals surface area (Å²) in [4.78, 5) is 51.0. The molecule has 1 aromatic heterocycles. The fourth-order valence-corrected chi connectivity index (χ4v) is 5.96. The van der Waals surface area contributed by atoms with Crippen molar-refractivity contribution in [3.05, 3.63) is 54.5 Å². The summed E-state index contributed by atoms with van der Waals surface area (Å²) in [5.41, 5.74) is 1.20. The van der Waals surface area contributed by atoms with Crippen molar-refractivity contribution in [1.29, 1.82) is 5.41 Å². The van der Waals surface area contributed by atoms with Crippen LogP contribution in [-0.2, 0) is 9.68 Å². The lowest BCUT2D eigenvalue weighted by Gasteiger charge is -2.38. The quantitative estimate of drug-likeness (QED) is 0.0605. The van der Waals surface area contributed by atoms with E-state index in [0.29, 0.717) is 60.3 Å². The molecule has 1 aromatic carbocycles. The number of nitrogens with zero attached hydrogens (tertiary/aromatic N) is 4. The van der Waals surface area contributed by atoms with Gasteiger partial charge in [-0.3, -0.25) is 4.79 Å². The molecule has 0 aliphatic carbocycles. The number of ether oxygens (including phenoxy) is 1. The smallest absolute Gasteiger partial charge is 0.294 e. The number of H-pyrrole nitrogens is 1. The molecule has 16 heteroatoms. The maximum atomic E-state index is 12.9. The zero-order valence-electron chi connectivity index (χ0n) is 24.6. The van der Waals surface area contributed by atoms with Crippen LogP contribution in [0.15, 0.2) is 27.9 Å². The van der Waals surface area contributed by atoms with Crippen LogP contribution in [0, 0.1) is 31.6 Å². The first-order chi connectivity index (χ1) is 20.6. The Kier molecular flexibility index (Phi) is 13.0. The monoisotopic (exact) mass is 621 g/mol. The van der Waals surface area contributed by atoms with Gasteiger partial charge in [0.15, 0.2) is 0 Å². The zero-order valence-corrected chi connectivity index (χ0v) is 25.4. The molecule has 0 spiro atoms. The Morgan fingerprint density at radius 2 is 2.00 bits per heavy atom. The molecule has 1 unspecified atom stereocenters. The number of aromatic nitrogens is 2. The standard InChI is InChI=1S/C27H39N7O8S/c1-4-9-22(28)24-25(29-3)27(35)31-26(30-24)21-14-20(12-13-23(21)40-5-2)43-32-15-18(16-32)10-7-6-8-11-19(42-34(38)39)17-41-33(36)37/h12-14,18-19,28-29H,4-11,15-17H2,1-3H3,(H,30,31,35). The minimum atomic E-state index is -0.985. The summed E-state index contributed by atoms with van der Waals surface area (Å²) in [6, 6.07) is 5.78. The molecule has 1 aliphatic rings. The van der Waals surface area contributed by atoms with E-state index in [1.165, 1.54) is 0 Å².